The Bertz CT molecular complexity index is 10000. The molecular formula is C131H80N8O2. The summed E-state index contributed by atoms with van der Waals surface area (Å²) in [6.07, 6.45) is 0. The molecule has 10 nitrogen and oxygen atoms in total. The SMILES string of the molecule is CC1(C)c2ccccc2-c2ccc(-c3nc(-c4ccccc4)nc(-c4ccc(-c5c6c(cc7c(-c8ccc9c%10ccccc%10c%10ccccc%10c9c8)nc8ccccc8c57)oc5ccccc56)cc4)n3)cc21.c1ccc(-c2ccc(-c3nc(-c4ccccc4)nc(-c4ccc(-c5c6c(cc7c(-c8ccc9c%10ccccc%10c%10ccccc%10c9c8)nc8ccccc8c57)oc5ccccc56)cc4)n3)cc2)cc1. The van der Waals surface area contributed by atoms with Crippen LogP contribution in [0.15, 0.2) is 458 Å². The van der Waals surface area contributed by atoms with E-state index in [0.717, 1.165) is 177 Å². The number of hydrogen-bond acceptors (Lipinski definition) is 10. The van der Waals surface area contributed by atoms with Crippen molar-refractivity contribution in [2.45, 2.75) is 19.3 Å². The van der Waals surface area contributed by atoms with Gasteiger partial charge in [0.2, 0.25) is 0 Å². The van der Waals surface area contributed by atoms with E-state index in [0.29, 0.717) is 34.9 Å². The van der Waals surface area contributed by atoms with Crippen LogP contribution in [0.4, 0.5) is 0 Å². The monoisotopic (exact) mass is 1800 g/mol. The Balaban J connectivity index is 0.000000138. The predicted octanol–water partition coefficient (Wildman–Crippen LogP) is 34.5. The van der Waals surface area contributed by atoms with Crippen LogP contribution in [0.1, 0.15) is 25.0 Å². The molecule has 0 saturated carbocycles. The zero-order valence-electron chi connectivity index (χ0n) is 76.6. The maximum Gasteiger partial charge on any atom is 0.164 e. The molecule has 0 unspecified atom stereocenters. The average Bonchev–Trinajstić information content (AvgIpc) is 1.67. The Morgan fingerprint density at radius 3 is 0.844 bits per heavy atom. The summed E-state index contributed by atoms with van der Waals surface area (Å²) in [5.74, 6) is 3.71. The van der Waals surface area contributed by atoms with Crippen molar-refractivity contribution in [2.24, 2.45) is 0 Å². The number of rotatable bonds is 11. The maximum absolute atomic E-state index is 6.81. The molecule has 22 aromatic carbocycles. The fourth-order valence-corrected chi connectivity index (χ4v) is 22.3. The van der Waals surface area contributed by atoms with E-state index >= 15 is 0 Å². The molecule has 0 spiro atoms. The minimum Gasteiger partial charge on any atom is -0.456 e. The summed E-state index contributed by atoms with van der Waals surface area (Å²) in [5.41, 5.74) is 26.2. The summed E-state index contributed by atoms with van der Waals surface area (Å²) >= 11 is 0. The van der Waals surface area contributed by atoms with Crippen LogP contribution in [0.25, 0.3) is 287 Å². The fraction of sp³-hybridized carbons (Fsp3) is 0.0229. The van der Waals surface area contributed by atoms with E-state index < -0.39 is 0 Å². The lowest BCUT2D eigenvalue weighted by Gasteiger charge is -2.21. The minimum atomic E-state index is -0.162. The number of hydrogen-bond donors (Lipinski definition) is 0. The van der Waals surface area contributed by atoms with Crippen LogP contribution in [0.5, 0.6) is 0 Å². The van der Waals surface area contributed by atoms with Crippen molar-refractivity contribution in [2.75, 3.05) is 0 Å². The highest BCUT2D eigenvalue weighted by Gasteiger charge is 2.36. The van der Waals surface area contributed by atoms with Crippen molar-refractivity contribution in [3.8, 4) is 135 Å². The van der Waals surface area contributed by atoms with Crippen molar-refractivity contribution in [3.63, 3.8) is 0 Å². The molecule has 656 valence electrons. The number of benzene rings is 22. The van der Waals surface area contributed by atoms with Gasteiger partial charge in [-0.15, -0.1) is 0 Å². The van der Waals surface area contributed by atoms with E-state index in [1.165, 1.54) is 86.9 Å². The molecule has 0 aliphatic heterocycles. The molecule has 29 rings (SSSR count). The third kappa shape index (κ3) is 13.2. The van der Waals surface area contributed by atoms with Gasteiger partial charge in [0.05, 0.1) is 22.4 Å². The Kier molecular flexibility index (Phi) is 18.5. The Morgan fingerprint density at radius 1 is 0.163 bits per heavy atom. The second-order valence-corrected chi connectivity index (χ2v) is 37.3. The molecule has 0 N–H and O–H groups in total. The topological polar surface area (TPSA) is 129 Å². The van der Waals surface area contributed by atoms with Gasteiger partial charge in [0.25, 0.3) is 0 Å². The lowest BCUT2D eigenvalue weighted by atomic mass is 9.82. The van der Waals surface area contributed by atoms with E-state index in [1.54, 1.807) is 0 Å². The van der Waals surface area contributed by atoms with E-state index in [9.17, 15) is 0 Å². The summed E-state index contributed by atoms with van der Waals surface area (Å²) < 4.78 is 13.6. The smallest absolute Gasteiger partial charge is 0.164 e. The van der Waals surface area contributed by atoms with E-state index in [-0.39, 0.29) is 5.41 Å². The number of aromatic nitrogens is 8. The van der Waals surface area contributed by atoms with Gasteiger partial charge < -0.3 is 8.83 Å². The van der Waals surface area contributed by atoms with Crippen molar-refractivity contribution in [1.29, 1.82) is 0 Å². The first-order valence-corrected chi connectivity index (χ1v) is 47.9. The summed E-state index contributed by atoms with van der Waals surface area (Å²) in [4.78, 5) is 41.8. The second-order valence-electron chi connectivity index (χ2n) is 37.3. The van der Waals surface area contributed by atoms with Gasteiger partial charge in [0, 0.05) is 115 Å². The van der Waals surface area contributed by atoms with Gasteiger partial charge >= 0.3 is 0 Å². The summed E-state index contributed by atoms with van der Waals surface area (Å²) in [6.45, 7) is 4.61. The van der Waals surface area contributed by atoms with Crippen LogP contribution < -0.4 is 0 Å². The summed E-state index contributed by atoms with van der Waals surface area (Å²) in [5, 5.41) is 25.5. The van der Waals surface area contributed by atoms with E-state index in [4.69, 9.17) is 48.7 Å². The van der Waals surface area contributed by atoms with Gasteiger partial charge in [-0.1, -0.05) is 408 Å². The molecule has 6 heterocycles. The molecule has 1 aliphatic carbocycles. The molecule has 141 heavy (non-hydrogen) atoms. The van der Waals surface area contributed by atoms with Gasteiger partial charge in [0.15, 0.2) is 34.9 Å². The maximum atomic E-state index is 6.81. The lowest BCUT2D eigenvalue weighted by molar-refractivity contribution is 0.660. The van der Waals surface area contributed by atoms with Gasteiger partial charge in [0.1, 0.15) is 22.3 Å². The number of nitrogens with zero attached hydrogens (tertiary/aromatic N) is 8. The van der Waals surface area contributed by atoms with Crippen LogP contribution >= 0.6 is 0 Å². The number of furan rings is 2. The average molecular weight is 1800 g/mol. The molecule has 0 saturated heterocycles. The Hall–Kier alpha value is -18.6. The molecule has 0 amide bonds. The molecule has 0 bridgehead atoms. The summed E-state index contributed by atoms with van der Waals surface area (Å²) in [7, 11) is 0. The van der Waals surface area contributed by atoms with Crippen LogP contribution in [0, 0.1) is 0 Å². The first-order valence-electron chi connectivity index (χ1n) is 47.9. The standard InChI is InChI=1S/C67H42N4O.C64H38N4O/c1-67(2)55-25-13-10-22-49(55)50-35-33-43(37-56(50)67)66-70-64(40-16-4-3-5-17-40)69-65(71-66)41-30-28-39(29-31-41)60-61-51-23-11-14-26-57(51)68-63(54(61)38-59-62(60)52-24-12-15-27-58(52)72-59)42-32-34-48-46-20-7-6-18-44(46)45-19-8-9-21-47(45)53(48)36-42;1-3-15-39(16-4-1)40-27-31-43(32-28-40)63-66-62(42-17-5-2-6-18-42)67-64(68-63)44-33-29-41(30-34-44)58-59-51-23-11-13-25-55(51)65-61(54(59)38-57-60(58)52-24-12-14-26-56(52)69-57)45-35-36-50-48-21-8-7-19-46(48)47-20-9-10-22-49(47)53(50)37-45/h3-38H,1-2H3;1-38H. The van der Waals surface area contributed by atoms with Crippen molar-refractivity contribution in [1.82, 2.24) is 39.9 Å². The van der Waals surface area contributed by atoms with Crippen LogP contribution in [0.3, 0.4) is 0 Å². The predicted molar refractivity (Wildman–Crippen MR) is 582 cm³/mol. The van der Waals surface area contributed by atoms with Gasteiger partial charge in [-0.25, -0.2) is 39.9 Å². The van der Waals surface area contributed by atoms with Gasteiger partial charge in [-0.2, -0.15) is 0 Å². The highest BCUT2D eigenvalue weighted by Crippen LogP contribution is 2.54. The van der Waals surface area contributed by atoms with E-state index in [2.05, 4.69) is 396 Å². The molecule has 0 fully saturated rings. The highest BCUT2D eigenvalue weighted by atomic mass is 16.3. The zero-order valence-corrected chi connectivity index (χ0v) is 76.6. The molecule has 6 aromatic heterocycles. The number of para-hydroxylation sites is 4. The Morgan fingerprint density at radius 2 is 0.440 bits per heavy atom. The minimum absolute atomic E-state index is 0.162. The normalized spacial score (nSPS) is 12.4. The largest absolute Gasteiger partial charge is 0.456 e. The zero-order chi connectivity index (χ0) is 93.1. The molecule has 0 radical (unpaired) electrons. The Labute approximate surface area is 809 Å². The molecule has 1 aliphatic rings. The highest BCUT2D eigenvalue weighted by molar-refractivity contribution is 6.32. The third-order valence-corrected chi connectivity index (χ3v) is 29.0. The van der Waals surface area contributed by atoms with Crippen LogP contribution in [-0.2, 0) is 5.41 Å². The molecule has 0 atom stereocenters. The quantitative estimate of drug-likeness (QED) is 0.115. The molecule has 10 heteroatoms. The van der Waals surface area contributed by atoms with Crippen molar-refractivity contribution < 1.29 is 8.83 Å². The van der Waals surface area contributed by atoms with Gasteiger partial charge in [-0.3, -0.25) is 0 Å². The third-order valence-electron chi connectivity index (χ3n) is 29.0. The molecule has 28 aromatic rings. The van der Waals surface area contributed by atoms with E-state index in [1.807, 2.05) is 66.7 Å². The molecular weight excluding hydrogens is 1720 g/mol. The summed E-state index contributed by atoms with van der Waals surface area (Å²) in [6, 6.07) is 159. The van der Waals surface area contributed by atoms with Crippen molar-refractivity contribution in [3.05, 3.63) is 460 Å². The number of pyridine rings is 2. The second kappa shape index (κ2) is 32.3. The first kappa shape index (κ1) is 80.8. The lowest BCUT2D eigenvalue weighted by Crippen LogP contribution is -2.15. The van der Waals surface area contributed by atoms with Gasteiger partial charge in [-0.05, 0) is 164 Å². The first-order chi connectivity index (χ1) is 69.6. The van der Waals surface area contributed by atoms with Crippen molar-refractivity contribution >= 4 is 152 Å². The fourth-order valence-electron chi connectivity index (χ4n) is 22.3. The number of fused-ring (bicyclic) bond motifs is 27. The van der Waals surface area contributed by atoms with Crippen LogP contribution in [-0.4, -0.2) is 39.9 Å². The van der Waals surface area contributed by atoms with Crippen LogP contribution in [0.2, 0.25) is 0 Å².